The zero-order valence-corrected chi connectivity index (χ0v) is 24.5. The molecule has 0 spiro atoms. The second-order valence-corrected chi connectivity index (χ2v) is 14.3. The first-order chi connectivity index (χ1) is 15.3. The number of carbonyl (C=O) groups is 2. The molecular formula is C28H58N4O2. The number of nitrogens with one attached hydrogen (secondary N) is 3. The Bertz CT molecular complexity index is 601. The fourth-order valence-electron chi connectivity index (χ4n) is 5.05. The lowest BCUT2D eigenvalue weighted by Gasteiger charge is -2.32. The van der Waals surface area contributed by atoms with Gasteiger partial charge in [-0.15, -0.1) is 0 Å². The van der Waals surface area contributed by atoms with E-state index in [0.717, 1.165) is 52.0 Å². The molecule has 0 aromatic heterocycles. The van der Waals surface area contributed by atoms with Gasteiger partial charge in [0.2, 0.25) is 11.8 Å². The molecule has 0 fully saturated rings. The van der Waals surface area contributed by atoms with Crippen LogP contribution in [0.3, 0.4) is 0 Å². The molecular weight excluding hydrogens is 424 g/mol. The van der Waals surface area contributed by atoms with Crippen molar-refractivity contribution in [1.82, 2.24) is 20.9 Å². The Kier molecular flexibility index (Phi) is 13.9. The van der Waals surface area contributed by atoms with Crippen molar-refractivity contribution in [2.45, 2.75) is 101 Å². The van der Waals surface area contributed by atoms with E-state index in [2.05, 4.69) is 97.1 Å². The van der Waals surface area contributed by atoms with Gasteiger partial charge in [0, 0.05) is 39.0 Å². The van der Waals surface area contributed by atoms with E-state index < -0.39 is 0 Å². The Hall–Kier alpha value is -1.14. The maximum absolute atomic E-state index is 12.2. The lowest BCUT2D eigenvalue weighted by Crippen LogP contribution is -2.38. The van der Waals surface area contributed by atoms with Gasteiger partial charge in [0.25, 0.3) is 0 Å². The summed E-state index contributed by atoms with van der Waals surface area (Å²) in [5.41, 5.74) is 0.724. The second-order valence-electron chi connectivity index (χ2n) is 14.3. The lowest BCUT2D eigenvalue weighted by molar-refractivity contribution is -0.122. The highest BCUT2D eigenvalue weighted by atomic mass is 16.2. The predicted molar refractivity (Wildman–Crippen MR) is 146 cm³/mol. The number of nitrogens with zero attached hydrogens (tertiary/aromatic N) is 1. The van der Waals surface area contributed by atoms with Crippen LogP contribution in [0.4, 0.5) is 0 Å². The summed E-state index contributed by atoms with van der Waals surface area (Å²) in [6, 6.07) is 0. The third-order valence-electron chi connectivity index (χ3n) is 5.69. The minimum atomic E-state index is 0.102. The summed E-state index contributed by atoms with van der Waals surface area (Å²) in [6.07, 6.45) is 4.18. The summed E-state index contributed by atoms with van der Waals surface area (Å²) in [5, 5.41) is 9.56. The number of hydrogen-bond donors (Lipinski definition) is 3. The molecule has 202 valence electrons. The van der Waals surface area contributed by atoms with Crippen LogP contribution in [-0.4, -0.2) is 63.0 Å². The van der Waals surface area contributed by atoms with Crippen molar-refractivity contribution in [3.8, 4) is 0 Å². The highest BCUT2D eigenvalue weighted by Gasteiger charge is 2.26. The van der Waals surface area contributed by atoms with Crippen LogP contribution in [0.15, 0.2) is 0 Å². The largest absolute Gasteiger partial charge is 0.356 e. The monoisotopic (exact) mass is 482 g/mol. The highest BCUT2D eigenvalue weighted by molar-refractivity contribution is 5.76. The van der Waals surface area contributed by atoms with E-state index in [0.29, 0.717) is 19.4 Å². The predicted octanol–water partition coefficient (Wildman–Crippen LogP) is 4.84. The van der Waals surface area contributed by atoms with Gasteiger partial charge in [0.05, 0.1) is 0 Å². The molecule has 0 unspecified atom stereocenters. The van der Waals surface area contributed by atoms with E-state index in [4.69, 9.17) is 0 Å². The lowest BCUT2D eigenvalue weighted by atomic mass is 9.76. The molecule has 34 heavy (non-hydrogen) atoms. The van der Waals surface area contributed by atoms with Crippen molar-refractivity contribution < 1.29 is 9.59 Å². The van der Waals surface area contributed by atoms with Crippen molar-refractivity contribution in [3.63, 3.8) is 0 Å². The summed E-state index contributed by atoms with van der Waals surface area (Å²) in [7, 11) is 2.06. The molecule has 0 bridgehead atoms. The Labute approximate surface area is 211 Å². The van der Waals surface area contributed by atoms with Gasteiger partial charge in [-0.25, -0.2) is 0 Å². The molecule has 2 amide bonds. The quantitative estimate of drug-likeness (QED) is 0.275. The third kappa shape index (κ3) is 20.3. The maximum atomic E-state index is 12.2. The van der Waals surface area contributed by atoms with E-state index in [1.54, 1.807) is 0 Å². The van der Waals surface area contributed by atoms with Gasteiger partial charge in [-0.05, 0) is 61.1 Å². The van der Waals surface area contributed by atoms with Gasteiger partial charge in [0.1, 0.15) is 0 Å². The van der Waals surface area contributed by atoms with E-state index in [1.165, 1.54) is 0 Å². The topological polar surface area (TPSA) is 73.5 Å². The molecule has 0 radical (unpaired) electrons. The Morgan fingerprint density at radius 2 is 1.09 bits per heavy atom. The fourth-order valence-corrected chi connectivity index (χ4v) is 5.05. The third-order valence-corrected chi connectivity index (χ3v) is 5.69. The molecule has 3 N–H and O–H groups in total. The first-order valence-corrected chi connectivity index (χ1v) is 13.2. The number of rotatable bonds is 16. The first kappa shape index (κ1) is 32.9. The second kappa shape index (κ2) is 14.4. The standard InChI is InChI=1S/C28H58N4O2/c1-25(2,3)19-27(7,8)21-30-23(33)13-16-29-15-12-17-32(11)18-14-24(34)31-22-28(9,10)20-26(4,5)6/h29H,12-22H2,1-11H3,(H,30,33)(H,31,34). The normalized spacial score (nSPS) is 13.3. The van der Waals surface area contributed by atoms with Crippen LogP contribution in [0, 0.1) is 21.7 Å². The van der Waals surface area contributed by atoms with Crippen molar-refractivity contribution in [3.05, 3.63) is 0 Å². The Morgan fingerprint density at radius 1 is 0.647 bits per heavy atom. The van der Waals surface area contributed by atoms with Crippen molar-refractivity contribution >= 4 is 11.8 Å². The van der Waals surface area contributed by atoms with Crippen LogP contribution in [0.5, 0.6) is 0 Å². The van der Waals surface area contributed by atoms with Gasteiger partial charge >= 0.3 is 0 Å². The molecule has 0 rings (SSSR count). The van der Waals surface area contributed by atoms with Crippen LogP contribution >= 0.6 is 0 Å². The first-order valence-electron chi connectivity index (χ1n) is 13.2. The molecule has 0 saturated carbocycles. The van der Waals surface area contributed by atoms with Crippen molar-refractivity contribution in [1.29, 1.82) is 0 Å². The Balaban J connectivity index is 3.87. The van der Waals surface area contributed by atoms with Crippen LogP contribution in [0.25, 0.3) is 0 Å². The maximum Gasteiger partial charge on any atom is 0.221 e. The molecule has 0 aliphatic heterocycles. The van der Waals surface area contributed by atoms with E-state index in [-0.39, 0.29) is 33.5 Å². The zero-order valence-electron chi connectivity index (χ0n) is 24.5. The van der Waals surface area contributed by atoms with Crippen LogP contribution in [-0.2, 0) is 9.59 Å². The number of hydrogen-bond acceptors (Lipinski definition) is 4. The minimum absolute atomic E-state index is 0.102. The van der Waals surface area contributed by atoms with Gasteiger partial charge in [0.15, 0.2) is 0 Å². The summed E-state index contributed by atoms with van der Waals surface area (Å²) < 4.78 is 0. The van der Waals surface area contributed by atoms with Crippen LogP contribution < -0.4 is 16.0 Å². The Morgan fingerprint density at radius 3 is 1.53 bits per heavy atom. The van der Waals surface area contributed by atoms with E-state index >= 15 is 0 Å². The summed E-state index contributed by atoms with van der Waals surface area (Å²) in [4.78, 5) is 26.6. The smallest absolute Gasteiger partial charge is 0.221 e. The molecule has 6 nitrogen and oxygen atoms in total. The van der Waals surface area contributed by atoms with Gasteiger partial charge in [-0.1, -0.05) is 69.2 Å². The molecule has 6 heteroatoms. The molecule has 0 saturated heterocycles. The zero-order chi connectivity index (χ0) is 26.6. The van der Waals surface area contributed by atoms with E-state index in [9.17, 15) is 9.59 Å². The summed E-state index contributed by atoms with van der Waals surface area (Å²) in [5.74, 6) is 0.243. The summed E-state index contributed by atoms with van der Waals surface area (Å²) >= 11 is 0. The molecule has 0 atom stereocenters. The van der Waals surface area contributed by atoms with Crippen LogP contribution in [0.1, 0.15) is 101 Å². The fraction of sp³-hybridized carbons (Fsp3) is 0.929. The van der Waals surface area contributed by atoms with Crippen LogP contribution in [0.2, 0.25) is 0 Å². The minimum Gasteiger partial charge on any atom is -0.356 e. The van der Waals surface area contributed by atoms with Gasteiger partial charge < -0.3 is 20.9 Å². The molecule has 0 heterocycles. The summed E-state index contributed by atoms with van der Waals surface area (Å²) in [6.45, 7) is 27.0. The SMILES string of the molecule is CN(CCCNCCC(=O)NCC(C)(C)CC(C)(C)C)CCC(=O)NCC(C)(C)CC(C)(C)C. The number of carbonyl (C=O) groups excluding carboxylic acids is 2. The van der Waals surface area contributed by atoms with Crippen molar-refractivity contribution in [2.24, 2.45) is 21.7 Å². The average molecular weight is 483 g/mol. The highest BCUT2D eigenvalue weighted by Crippen LogP contribution is 2.33. The molecule has 0 aliphatic rings. The average Bonchev–Trinajstić information content (AvgIpc) is 2.62. The van der Waals surface area contributed by atoms with Gasteiger partial charge in [-0.3, -0.25) is 9.59 Å². The number of amides is 2. The molecule has 0 aromatic carbocycles. The molecule has 0 aromatic rings. The van der Waals surface area contributed by atoms with Gasteiger partial charge in [-0.2, -0.15) is 0 Å². The molecule has 0 aliphatic carbocycles. The van der Waals surface area contributed by atoms with Crippen molar-refractivity contribution in [2.75, 3.05) is 46.3 Å². The van der Waals surface area contributed by atoms with E-state index in [1.807, 2.05) is 0 Å².